The molecule has 3 nitrogen and oxygen atoms in total. The molecule has 0 spiro atoms. The molecule has 1 rings (SSSR count). The number of nitrogens with one attached hydrogen (secondary N) is 1. The number of carboxylic acid groups (broad SMARTS) is 1. The summed E-state index contributed by atoms with van der Waals surface area (Å²) in [7, 11) is 0. The van der Waals surface area contributed by atoms with Gasteiger partial charge in [-0.25, -0.2) is 4.79 Å². The van der Waals surface area contributed by atoms with Crippen LogP contribution in [0, 0.1) is 6.92 Å². The molecule has 0 atom stereocenters. The molecule has 1 aromatic carbocycles. The van der Waals surface area contributed by atoms with Crippen molar-refractivity contribution in [1.29, 1.82) is 0 Å². The van der Waals surface area contributed by atoms with Gasteiger partial charge in [0.05, 0.1) is 5.56 Å². The van der Waals surface area contributed by atoms with Gasteiger partial charge in [-0.2, -0.15) is 13.2 Å². The summed E-state index contributed by atoms with van der Waals surface area (Å²) in [4.78, 5) is 10.8. The van der Waals surface area contributed by atoms with Gasteiger partial charge in [0.1, 0.15) is 0 Å². The summed E-state index contributed by atoms with van der Waals surface area (Å²) in [5.41, 5.74) is 0.502. The summed E-state index contributed by atoms with van der Waals surface area (Å²) >= 11 is 0. The van der Waals surface area contributed by atoms with E-state index in [1.807, 2.05) is 0 Å². The van der Waals surface area contributed by atoms with E-state index >= 15 is 0 Å². The number of benzene rings is 1. The van der Waals surface area contributed by atoms with Crippen LogP contribution in [-0.4, -0.2) is 17.6 Å². The monoisotopic (exact) mass is 287 g/mol. The molecule has 0 aliphatic carbocycles. The van der Waals surface area contributed by atoms with Crippen molar-refractivity contribution >= 4 is 11.7 Å². The van der Waals surface area contributed by atoms with Crippen molar-refractivity contribution in [2.75, 3.05) is 11.9 Å². The molecule has 0 amide bonds. The number of aryl methyl sites for hydroxylation is 1. The van der Waals surface area contributed by atoms with Crippen molar-refractivity contribution in [3.05, 3.63) is 41.0 Å². The average Bonchev–Trinajstić information content (AvgIpc) is 2.34. The minimum atomic E-state index is -4.39. The van der Waals surface area contributed by atoms with Gasteiger partial charge in [-0.15, -0.1) is 0 Å². The standard InChI is InChI=1S/C14H16F3NO2/c1-3-10(13(19)20)6-7-18-12-8-11(14(15,16)17)5-4-9(12)2/h4-6,8,18H,3,7H2,1-2H3,(H,19,20)/b10-6-. The number of carboxylic acids is 1. The molecule has 0 unspecified atom stereocenters. The van der Waals surface area contributed by atoms with Gasteiger partial charge in [-0.1, -0.05) is 19.1 Å². The number of hydrogen-bond acceptors (Lipinski definition) is 2. The van der Waals surface area contributed by atoms with E-state index in [0.29, 0.717) is 17.7 Å². The fourth-order valence-electron chi connectivity index (χ4n) is 1.66. The Kier molecular flexibility index (Phi) is 5.19. The topological polar surface area (TPSA) is 49.3 Å². The van der Waals surface area contributed by atoms with Crippen LogP contribution >= 0.6 is 0 Å². The highest BCUT2D eigenvalue weighted by molar-refractivity contribution is 5.86. The molecule has 0 heterocycles. The number of aliphatic carboxylic acids is 1. The molecule has 0 aromatic heterocycles. The van der Waals surface area contributed by atoms with Gasteiger partial charge in [-0.3, -0.25) is 0 Å². The number of anilines is 1. The molecule has 20 heavy (non-hydrogen) atoms. The minimum Gasteiger partial charge on any atom is -0.478 e. The van der Waals surface area contributed by atoms with Gasteiger partial charge in [0.25, 0.3) is 0 Å². The number of halogens is 3. The molecule has 0 fully saturated rings. The van der Waals surface area contributed by atoms with Crippen LogP contribution in [0.5, 0.6) is 0 Å². The average molecular weight is 287 g/mol. The van der Waals surface area contributed by atoms with Crippen molar-refractivity contribution in [3.63, 3.8) is 0 Å². The van der Waals surface area contributed by atoms with Crippen molar-refractivity contribution in [3.8, 4) is 0 Å². The quantitative estimate of drug-likeness (QED) is 0.809. The van der Waals surface area contributed by atoms with E-state index in [9.17, 15) is 18.0 Å². The zero-order valence-corrected chi connectivity index (χ0v) is 11.2. The normalized spacial score (nSPS) is 12.3. The van der Waals surface area contributed by atoms with Crippen molar-refractivity contribution < 1.29 is 23.1 Å². The second-order valence-electron chi connectivity index (χ2n) is 4.30. The predicted octanol–water partition coefficient (Wildman–Crippen LogP) is 3.85. The van der Waals surface area contributed by atoms with Crippen LogP contribution in [0.4, 0.5) is 18.9 Å². The van der Waals surface area contributed by atoms with E-state index in [-0.39, 0.29) is 12.1 Å². The summed E-state index contributed by atoms with van der Waals surface area (Å²) in [5, 5.41) is 11.6. The Morgan fingerprint density at radius 1 is 1.40 bits per heavy atom. The van der Waals surface area contributed by atoms with Crippen LogP contribution in [0.2, 0.25) is 0 Å². The first-order chi connectivity index (χ1) is 9.25. The highest BCUT2D eigenvalue weighted by Crippen LogP contribution is 2.31. The number of rotatable bonds is 5. The molecule has 2 N–H and O–H groups in total. The van der Waals surface area contributed by atoms with Crippen LogP contribution < -0.4 is 5.32 Å². The van der Waals surface area contributed by atoms with E-state index in [4.69, 9.17) is 5.11 Å². The first-order valence-electron chi connectivity index (χ1n) is 6.09. The molecule has 0 saturated heterocycles. The SMILES string of the molecule is CC/C(=C/CNc1cc(C(F)(F)F)ccc1C)C(=O)O. The van der Waals surface area contributed by atoms with E-state index in [1.165, 1.54) is 12.1 Å². The van der Waals surface area contributed by atoms with E-state index in [2.05, 4.69) is 5.32 Å². The molecule has 0 aliphatic rings. The van der Waals surface area contributed by atoms with E-state index in [1.54, 1.807) is 13.8 Å². The largest absolute Gasteiger partial charge is 0.478 e. The third kappa shape index (κ3) is 4.29. The Labute approximate surface area is 115 Å². The Balaban J connectivity index is 2.85. The maximum atomic E-state index is 12.6. The lowest BCUT2D eigenvalue weighted by molar-refractivity contribution is -0.137. The maximum absolute atomic E-state index is 12.6. The zero-order chi connectivity index (χ0) is 15.3. The molecule has 1 aromatic rings. The van der Waals surface area contributed by atoms with Crippen LogP contribution in [0.25, 0.3) is 0 Å². The summed E-state index contributed by atoms with van der Waals surface area (Å²) in [6.45, 7) is 3.55. The molecular formula is C14H16F3NO2. The van der Waals surface area contributed by atoms with Gasteiger partial charge in [0.2, 0.25) is 0 Å². The first kappa shape index (κ1) is 16.1. The number of hydrogen-bond donors (Lipinski definition) is 2. The second-order valence-corrected chi connectivity index (χ2v) is 4.30. The highest BCUT2D eigenvalue weighted by atomic mass is 19.4. The maximum Gasteiger partial charge on any atom is 0.416 e. The van der Waals surface area contributed by atoms with Crippen molar-refractivity contribution in [2.24, 2.45) is 0 Å². The lowest BCUT2D eigenvalue weighted by Gasteiger charge is -2.12. The van der Waals surface area contributed by atoms with E-state index in [0.717, 1.165) is 12.1 Å². The summed E-state index contributed by atoms with van der Waals surface area (Å²) in [6.07, 6.45) is -2.57. The van der Waals surface area contributed by atoms with E-state index < -0.39 is 17.7 Å². The number of alkyl halides is 3. The Morgan fingerprint density at radius 3 is 2.55 bits per heavy atom. The second kappa shape index (κ2) is 6.45. The molecule has 0 radical (unpaired) electrons. The Hall–Kier alpha value is -1.98. The summed E-state index contributed by atoms with van der Waals surface area (Å²) in [6, 6.07) is 3.42. The smallest absolute Gasteiger partial charge is 0.416 e. The fourth-order valence-corrected chi connectivity index (χ4v) is 1.66. The predicted molar refractivity (Wildman–Crippen MR) is 70.7 cm³/mol. The first-order valence-corrected chi connectivity index (χ1v) is 6.09. The molecule has 0 saturated carbocycles. The highest BCUT2D eigenvalue weighted by Gasteiger charge is 2.30. The summed E-state index contributed by atoms with van der Waals surface area (Å²) in [5.74, 6) is -1.02. The van der Waals surface area contributed by atoms with Crippen LogP contribution in [0.1, 0.15) is 24.5 Å². The van der Waals surface area contributed by atoms with Crippen molar-refractivity contribution in [2.45, 2.75) is 26.4 Å². The lowest BCUT2D eigenvalue weighted by atomic mass is 10.1. The van der Waals surface area contributed by atoms with Gasteiger partial charge in [0.15, 0.2) is 0 Å². The van der Waals surface area contributed by atoms with Crippen LogP contribution in [0.15, 0.2) is 29.8 Å². The Bertz CT molecular complexity index is 522. The molecule has 0 bridgehead atoms. The summed E-state index contributed by atoms with van der Waals surface area (Å²) < 4.78 is 37.8. The molecule has 6 heteroatoms. The third-order valence-electron chi connectivity index (χ3n) is 2.86. The third-order valence-corrected chi connectivity index (χ3v) is 2.86. The fraction of sp³-hybridized carbons (Fsp3) is 0.357. The Morgan fingerprint density at radius 2 is 2.05 bits per heavy atom. The molecular weight excluding hydrogens is 271 g/mol. The number of carbonyl (C=O) groups is 1. The van der Waals surface area contributed by atoms with Crippen LogP contribution in [-0.2, 0) is 11.0 Å². The van der Waals surface area contributed by atoms with Gasteiger partial charge in [-0.05, 0) is 31.0 Å². The van der Waals surface area contributed by atoms with Gasteiger partial charge in [0, 0.05) is 17.8 Å². The minimum absolute atomic E-state index is 0.164. The zero-order valence-electron chi connectivity index (χ0n) is 11.2. The van der Waals surface area contributed by atoms with Gasteiger partial charge >= 0.3 is 12.1 Å². The van der Waals surface area contributed by atoms with Crippen molar-refractivity contribution in [1.82, 2.24) is 0 Å². The lowest BCUT2D eigenvalue weighted by Crippen LogP contribution is -2.08. The molecule has 0 aliphatic heterocycles. The molecule has 110 valence electrons. The van der Waals surface area contributed by atoms with Crippen LogP contribution in [0.3, 0.4) is 0 Å². The van der Waals surface area contributed by atoms with Gasteiger partial charge < -0.3 is 10.4 Å².